The fourth-order valence-corrected chi connectivity index (χ4v) is 6.61. The monoisotopic (exact) mass is 507 g/mol. The van der Waals surface area contributed by atoms with Crippen molar-refractivity contribution in [3.05, 3.63) is 54.6 Å². The molecule has 4 aliphatic rings. The maximum atomic E-state index is 14.4. The second-order valence-electron chi connectivity index (χ2n) is 11.3. The first-order valence-electron chi connectivity index (χ1n) is 13.3. The number of ether oxygens (including phenoxy) is 1. The Morgan fingerprint density at radius 2 is 1.73 bits per heavy atom. The van der Waals surface area contributed by atoms with Gasteiger partial charge in [-0.15, -0.1) is 0 Å². The van der Waals surface area contributed by atoms with Gasteiger partial charge in [-0.1, -0.05) is 56.4 Å². The van der Waals surface area contributed by atoms with Crippen molar-refractivity contribution in [2.24, 2.45) is 17.8 Å². The summed E-state index contributed by atoms with van der Waals surface area (Å²) < 4.78 is 6.68. The largest absolute Gasteiger partial charge is 0.394 e. The number of hydrogen-bond donors (Lipinski definition) is 1. The van der Waals surface area contributed by atoms with Gasteiger partial charge in [0.25, 0.3) is 0 Å². The van der Waals surface area contributed by atoms with Gasteiger partial charge in [-0.25, -0.2) is 0 Å². The van der Waals surface area contributed by atoms with Crippen LogP contribution in [0.15, 0.2) is 54.6 Å². The van der Waals surface area contributed by atoms with Crippen molar-refractivity contribution in [3.8, 4) is 0 Å². The van der Waals surface area contributed by atoms with E-state index in [2.05, 4.69) is 0 Å². The van der Waals surface area contributed by atoms with E-state index in [4.69, 9.17) is 4.74 Å². The predicted octanol–water partition coefficient (Wildman–Crippen LogP) is 2.38. The highest BCUT2D eigenvalue weighted by Crippen LogP contribution is 2.54. The first-order valence-corrected chi connectivity index (χ1v) is 13.3. The molecule has 0 aliphatic carbocycles. The highest BCUT2D eigenvalue weighted by atomic mass is 16.5. The normalized spacial score (nSPS) is 32.1. The number of hydrogen-bond acceptors (Lipinski definition) is 5. The third kappa shape index (κ3) is 4.01. The Hall–Kier alpha value is -2.97. The molecule has 3 amide bonds. The molecular weight excluding hydrogens is 470 g/mol. The van der Waals surface area contributed by atoms with Gasteiger partial charge < -0.3 is 24.5 Å². The van der Waals surface area contributed by atoms with Crippen molar-refractivity contribution < 1.29 is 24.2 Å². The average molecular weight is 508 g/mol. The lowest BCUT2D eigenvalue weighted by molar-refractivity contribution is -0.151. The second-order valence-corrected chi connectivity index (χ2v) is 11.3. The van der Waals surface area contributed by atoms with E-state index in [1.165, 1.54) is 0 Å². The summed E-state index contributed by atoms with van der Waals surface area (Å²) >= 11 is 0. The summed E-state index contributed by atoms with van der Waals surface area (Å²) in [6, 6.07) is 7.84. The molecule has 198 valence electrons. The van der Waals surface area contributed by atoms with Crippen LogP contribution in [-0.2, 0) is 19.1 Å². The molecule has 4 heterocycles. The molecule has 1 N–H and O–H groups in total. The number of likely N-dealkylation sites (tertiary alicyclic amines) is 1. The minimum Gasteiger partial charge on any atom is -0.394 e. The number of benzene rings is 1. The van der Waals surface area contributed by atoms with E-state index < -0.39 is 35.6 Å². The van der Waals surface area contributed by atoms with Crippen LogP contribution in [0.25, 0.3) is 0 Å². The van der Waals surface area contributed by atoms with Crippen molar-refractivity contribution in [2.45, 2.75) is 63.9 Å². The smallest absolute Gasteiger partial charge is 0.249 e. The Kier molecular flexibility index (Phi) is 6.75. The number of carbonyl (C=O) groups is 3. The van der Waals surface area contributed by atoms with Gasteiger partial charge in [0.15, 0.2) is 0 Å². The summed E-state index contributed by atoms with van der Waals surface area (Å²) in [5, 5.41) is 10.4. The lowest BCUT2D eigenvalue weighted by Gasteiger charge is -2.39. The number of para-hydroxylation sites is 1. The van der Waals surface area contributed by atoms with Gasteiger partial charge in [0.05, 0.1) is 30.6 Å². The van der Waals surface area contributed by atoms with E-state index in [0.717, 1.165) is 5.69 Å². The Morgan fingerprint density at radius 3 is 2.38 bits per heavy atom. The van der Waals surface area contributed by atoms with E-state index in [0.29, 0.717) is 19.5 Å². The standard InChI is InChI=1S/C29H37N3O5/c1-18(2)16-21(17-33)32-25-28(36)30(19(3)4)15-9-13-29(25)24(27(32)35)23-22(37-29)12-8-14-31(26(23)34)20-10-6-5-7-11-20/h5-13,18-19,21-25,33H,14-17H2,1-4H3/t21-,22-,23+,24+,25?,29+/m1/s1. The number of fused-ring (bicyclic) bond motifs is 2. The van der Waals surface area contributed by atoms with Crippen molar-refractivity contribution in [2.75, 3.05) is 24.6 Å². The molecule has 37 heavy (non-hydrogen) atoms. The fourth-order valence-electron chi connectivity index (χ4n) is 6.61. The highest BCUT2D eigenvalue weighted by Gasteiger charge is 2.72. The van der Waals surface area contributed by atoms with Crippen LogP contribution in [0.1, 0.15) is 34.1 Å². The second kappa shape index (κ2) is 9.72. The van der Waals surface area contributed by atoms with Gasteiger partial charge in [0.1, 0.15) is 11.6 Å². The maximum absolute atomic E-state index is 14.4. The molecule has 1 spiro atoms. The number of aliphatic hydroxyl groups excluding tert-OH is 1. The quantitative estimate of drug-likeness (QED) is 0.597. The summed E-state index contributed by atoms with van der Waals surface area (Å²) in [6.45, 7) is 8.46. The molecule has 0 bridgehead atoms. The van der Waals surface area contributed by atoms with Crippen LogP contribution < -0.4 is 4.90 Å². The van der Waals surface area contributed by atoms with Crippen LogP contribution in [0.4, 0.5) is 5.69 Å². The number of carbonyl (C=O) groups excluding carboxylic acids is 3. The van der Waals surface area contributed by atoms with E-state index in [-0.39, 0.29) is 36.3 Å². The summed E-state index contributed by atoms with van der Waals surface area (Å²) in [5.41, 5.74) is -0.527. The molecule has 1 unspecified atom stereocenters. The molecule has 6 atom stereocenters. The third-order valence-corrected chi connectivity index (χ3v) is 8.17. The molecule has 0 saturated carbocycles. The lowest BCUT2D eigenvalue weighted by atomic mass is 9.77. The molecular formula is C29H37N3O5. The van der Waals surface area contributed by atoms with Gasteiger partial charge in [-0.3, -0.25) is 14.4 Å². The summed E-state index contributed by atoms with van der Waals surface area (Å²) in [4.78, 5) is 47.6. The van der Waals surface area contributed by atoms with Gasteiger partial charge in [-0.2, -0.15) is 0 Å². The van der Waals surface area contributed by atoms with E-state index >= 15 is 0 Å². The first-order chi connectivity index (χ1) is 17.7. The molecule has 1 aromatic rings. The summed E-state index contributed by atoms with van der Waals surface area (Å²) in [7, 11) is 0. The van der Waals surface area contributed by atoms with Crippen LogP contribution in [0.5, 0.6) is 0 Å². The van der Waals surface area contributed by atoms with Gasteiger partial charge in [0.2, 0.25) is 17.7 Å². The fraction of sp³-hybridized carbons (Fsp3) is 0.552. The zero-order chi connectivity index (χ0) is 26.5. The minimum atomic E-state index is -1.28. The Bertz CT molecular complexity index is 1120. The molecule has 8 heteroatoms. The number of amides is 3. The molecule has 0 radical (unpaired) electrons. The molecule has 1 aromatic carbocycles. The summed E-state index contributed by atoms with van der Waals surface area (Å²) in [6.07, 6.45) is 7.44. The van der Waals surface area contributed by atoms with Crippen LogP contribution in [-0.4, -0.2) is 82.2 Å². The number of rotatable bonds is 6. The van der Waals surface area contributed by atoms with Crippen molar-refractivity contribution in [1.82, 2.24) is 9.80 Å². The lowest BCUT2D eigenvalue weighted by Crippen LogP contribution is -2.59. The number of nitrogens with zero attached hydrogens (tertiary/aromatic N) is 3. The maximum Gasteiger partial charge on any atom is 0.249 e. The number of anilines is 1. The van der Waals surface area contributed by atoms with Gasteiger partial charge >= 0.3 is 0 Å². The Balaban J connectivity index is 1.63. The van der Waals surface area contributed by atoms with Crippen molar-refractivity contribution in [3.63, 3.8) is 0 Å². The van der Waals surface area contributed by atoms with Crippen molar-refractivity contribution >= 4 is 23.4 Å². The van der Waals surface area contributed by atoms with Crippen molar-refractivity contribution in [1.29, 1.82) is 0 Å². The SMILES string of the molecule is CC(C)C[C@H](CO)N1C(=O)[C@@H]2[C@H]3C(=O)N(c4ccccc4)CC=C[C@H]3O[C@@]23C=CCN(C(C)C)C(=O)C13. The van der Waals surface area contributed by atoms with Crippen LogP contribution in [0, 0.1) is 17.8 Å². The zero-order valence-electron chi connectivity index (χ0n) is 22.0. The van der Waals surface area contributed by atoms with Crippen LogP contribution >= 0.6 is 0 Å². The Morgan fingerprint density at radius 1 is 1.00 bits per heavy atom. The molecule has 4 aliphatic heterocycles. The van der Waals surface area contributed by atoms with E-state index in [1.807, 2.05) is 82.3 Å². The van der Waals surface area contributed by atoms with Gasteiger partial charge in [0, 0.05) is 24.8 Å². The van der Waals surface area contributed by atoms with Crippen LogP contribution in [0.2, 0.25) is 0 Å². The average Bonchev–Trinajstić information content (AvgIpc) is 3.18. The highest BCUT2D eigenvalue weighted by molar-refractivity contribution is 6.04. The molecule has 8 nitrogen and oxygen atoms in total. The third-order valence-electron chi connectivity index (χ3n) is 8.17. The molecule has 5 rings (SSSR count). The predicted molar refractivity (Wildman–Crippen MR) is 139 cm³/mol. The van der Waals surface area contributed by atoms with Gasteiger partial charge in [-0.05, 0) is 38.3 Å². The first kappa shape index (κ1) is 25.7. The summed E-state index contributed by atoms with van der Waals surface area (Å²) in [5.74, 6) is -2.13. The molecule has 2 saturated heterocycles. The molecule has 2 fully saturated rings. The topological polar surface area (TPSA) is 90.4 Å². The molecule has 0 aromatic heterocycles. The minimum absolute atomic E-state index is 0.0806. The van der Waals surface area contributed by atoms with E-state index in [9.17, 15) is 19.5 Å². The number of aliphatic hydroxyl groups is 1. The zero-order valence-corrected chi connectivity index (χ0v) is 22.0. The Labute approximate surface area is 218 Å². The van der Waals surface area contributed by atoms with Crippen LogP contribution in [0.3, 0.4) is 0 Å². The van der Waals surface area contributed by atoms with E-state index in [1.54, 1.807) is 14.7 Å².